The van der Waals surface area contributed by atoms with Crippen molar-refractivity contribution in [3.63, 3.8) is 0 Å². The van der Waals surface area contributed by atoms with Crippen LogP contribution in [0.3, 0.4) is 0 Å². The van der Waals surface area contributed by atoms with Crippen LogP contribution in [0, 0.1) is 6.92 Å². The number of nitrogens with one attached hydrogen (secondary N) is 1. The topological polar surface area (TPSA) is 37.3 Å². The van der Waals surface area contributed by atoms with Gasteiger partial charge in [-0.1, -0.05) is 12.1 Å². The molecule has 0 radical (unpaired) electrons. The average Bonchev–Trinajstić information content (AvgIpc) is 2.89. The number of aromatic nitrogens is 1. The Bertz CT molecular complexity index is 604. The summed E-state index contributed by atoms with van der Waals surface area (Å²) in [7, 11) is 1.88. The number of nitrogens with zero attached hydrogens (tertiary/aromatic N) is 2. The lowest BCUT2D eigenvalue weighted by molar-refractivity contribution is 0.0946. The molecule has 0 atom stereocenters. The number of hydrogen-bond acceptors (Lipinski definition) is 2. The third-order valence-electron chi connectivity index (χ3n) is 3.59. The molecule has 0 aliphatic carbocycles. The summed E-state index contributed by atoms with van der Waals surface area (Å²) < 4.78 is 1.83. The van der Waals surface area contributed by atoms with Crippen LogP contribution < -0.4 is 10.2 Å². The fourth-order valence-corrected chi connectivity index (χ4v) is 2.39. The van der Waals surface area contributed by atoms with Gasteiger partial charge in [-0.3, -0.25) is 4.79 Å². The van der Waals surface area contributed by atoms with Gasteiger partial charge in [0.05, 0.1) is 0 Å². The highest BCUT2D eigenvalue weighted by Crippen LogP contribution is 2.15. The molecule has 2 rings (SSSR count). The predicted molar refractivity (Wildman–Crippen MR) is 86.8 cm³/mol. The third-order valence-corrected chi connectivity index (χ3v) is 3.59. The molecule has 0 saturated heterocycles. The van der Waals surface area contributed by atoms with Crippen LogP contribution >= 0.6 is 0 Å². The maximum atomic E-state index is 12.0. The van der Waals surface area contributed by atoms with Crippen molar-refractivity contribution < 1.29 is 4.79 Å². The van der Waals surface area contributed by atoms with E-state index in [-0.39, 0.29) is 5.91 Å². The summed E-state index contributed by atoms with van der Waals surface area (Å²) in [5.41, 5.74) is 3.14. The Morgan fingerprint density at radius 1 is 1.29 bits per heavy atom. The highest BCUT2D eigenvalue weighted by Gasteiger charge is 2.09. The van der Waals surface area contributed by atoms with Crippen molar-refractivity contribution in [2.75, 3.05) is 24.5 Å². The number of hydrogen-bond donors (Lipinski definition) is 1. The predicted octanol–water partition coefficient (Wildman–Crippen LogP) is 2.59. The molecule has 4 nitrogen and oxygen atoms in total. The van der Waals surface area contributed by atoms with E-state index in [0.717, 1.165) is 13.1 Å². The van der Waals surface area contributed by atoms with Gasteiger partial charge < -0.3 is 14.8 Å². The van der Waals surface area contributed by atoms with Crippen LogP contribution in [0.5, 0.6) is 0 Å². The lowest BCUT2D eigenvalue weighted by atomic mass is 10.2. The molecule has 1 amide bonds. The monoisotopic (exact) mass is 285 g/mol. The van der Waals surface area contributed by atoms with Gasteiger partial charge in [0.15, 0.2) is 0 Å². The van der Waals surface area contributed by atoms with Crippen molar-refractivity contribution in [3.05, 3.63) is 53.9 Å². The van der Waals surface area contributed by atoms with Crippen LogP contribution in [0.1, 0.15) is 23.0 Å². The van der Waals surface area contributed by atoms with E-state index in [9.17, 15) is 4.79 Å². The number of carbonyl (C=O) groups is 1. The van der Waals surface area contributed by atoms with E-state index < -0.39 is 0 Å². The molecule has 1 heterocycles. The van der Waals surface area contributed by atoms with E-state index in [1.807, 2.05) is 29.9 Å². The molecule has 0 spiro atoms. The van der Waals surface area contributed by atoms with Crippen LogP contribution in [0.4, 0.5) is 5.69 Å². The minimum atomic E-state index is -0.0252. The van der Waals surface area contributed by atoms with E-state index in [1.54, 1.807) is 0 Å². The highest BCUT2D eigenvalue weighted by molar-refractivity contribution is 5.92. The molecule has 0 aliphatic rings. The summed E-state index contributed by atoms with van der Waals surface area (Å²) in [6.07, 6.45) is 1.88. The van der Waals surface area contributed by atoms with Gasteiger partial charge in [-0.15, -0.1) is 0 Å². The molecule has 0 aliphatic heterocycles. The largest absolute Gasteiger partial charge is 0.370 e. The molecular formula is C17H23N3O. The molecule has 0 bridgehead atoms. The summed E-state index contributed by atoms with van der Waals surface area (Å²) in [6.45, 7) is 6.57. The molecule has 0 fully saturated rings. The SMILES string of the molecule is CCN(CCNC(=O)c1cccn1C)c1cccc(C)c1. The van der Waals surface area contributed by atoms with Gasteiger partial charge in [0.2, 0.25) is 0 Å². The number of likely N-dealkylation sites (N-methyl/N-ethyl adjacent to an activating group) is 1. The van der Waals surface area contributed by atoms with Gasteiger partial charge in [-0.2, -0.15) is 0 Å². The molecule has 1 aromatic carbocycles. The standard InChI is InChI=1S/C17H23N3O/c1-4-20(15-8-5-7-14(2)13-15)12-10-18-17(21)16-9-6-11-19(16)3/h5-9,11,13H,4,10,12H2,1-3H3,(H,18,21). The highest BCUT2D eigenvalue weighted by atomic mass is 16.1. The zero-order valence-corrected chi connectivity index (χ0v) is 13.0. The molecule has 4 heteroatoms. The maximum Gasteiger partial charge on any atom is 0.267 e. The quantitative estimate of drug-likeness (QED) is 0.886. The summed E-state index contributed by atoms with van der Waals surface area (Å²) in [5.74, 6) is -0.0252. The first-order valence-corrected chi connectivity index (χ1v) is 7.33. The number of carbonyl (C=O) groups excluding carboxylic acids is 1. The average molecular weight is 285 g/mol. The lowest BCUT2D eigenvalue weighted by Gasteiger charge is -2.23. The van der Waals surface area contributed by atoms with Crippen LogP contribution in [-0.2, 0) is 7.05 Å². The Kier molecular flexibility index (Phi) is 5.04. The fourth-order valence-electron chi connectivity index (χ4n) is 2.39. The minimum Gasteiger partial charge on any atom is -0.370 e. The van der Waals surface area contributed by atoms with Crippen molar-refractivity contribution in [3.8, 4) is 0 Å². The van der Waals surface area contributed by atoms with E-state index >= 15 is 0 Å². The van der Waals surface area contributed by atoms with E-state index in [0.29, 0.717) is 12.2 Å². The Morgan fingerprint density at radius 3 is 2.71 bits per heavy atom. The van der Waals surface area contributed by atoms with Crippen molar-refractivity contribution >= 4 is 11.6 Å². The van der Waals surface area contributed by atoms with E-state index in [2.05, 4.69) is 48.3 Å². The van der Waals surface area contributed by atoms with Crippen molar-refractivity contribution in [2.24, 2.45) is 7.05 Å². The van der Waals surface area contributed by atoms with Gasteiger partial charge in [0.1, 0.15) is 5.69 Å². The second-order valence-electron chi connectivity index (χ2n) is 5.18. The van der Waals surface area contributed by atoms with Crippen LogP contribution in [0.2, 0.25) is 0 Å². The molecular weight excluding hydrogens is 262 g/mol. The normalized spacial score (nSPS) is 10.4. The van der Waals surface area contributed by atoms with Crippen molar-refractivity contribution in [2.45, 2.75) is 13.8 Å². The Labute approximate surface area is 126 Å². The van der Waals surface area contributed by atoms with Gasteiger partial charge in [-0.05, 0) is 43.7 Å². The number of benzene rings is 1. The van der Waals surface area contributed by atoms with Gasteiger partial charge in [-0.25, -0.2) is 0 Å². The molecule has 2 aromatic rings. The molecule has 1 N–H and O–H groups in total. The molecule has 0 saturated carbocycles. The Morgan fingerprint density at radius 2 is 2.10 bits per heavy atom. The Balaban J connectivity index is 1.89. The maximum absolute atomic E-state index is 12.0. The zero-order valence-electron chi connectivity index (χ0n) is 13.0. The summed E-state index contributed by atoms with van der Waals surface area (Å²) >= 11 is 0. The van der Waals surface area contributed by atoms with Crippen LogP contribution in [-0.4, -0.2) is 30.1 Å². The number of rotatable bonds is 6. The molecule has 112 valence electrons. The molecule has 21 heavy (non-hydrogen) atoms. The minimum absolute atomic E-state index is 0.0252. The smallest absolute Gasteiger partial charge is 0.267 e. The third kappa shape index (κ3) is 3.88. The van der Waals surface area contributed by atoms with Gasteiger partial charge in [0, 0.05) is 38.6 Å². The summed E-state index contributed by atoms with van der Waals surface area (Å²) in [5, 5.41) is 2.97. The zero-order chi connectivity index (χ0) is 15.2. The first-order chi connectivity index (χ1) is 10.1. The van der Waals surface area contributed by atoms with Gasteiger partial charge >= 0.3 is 0 Å². The lowest BCUT2D eigenvalue weighted by Crippen LogP contribution is -2.35. The van der Waals surface area contributed by atoms with Crippen LogP contribution in [0.25, 0.3) is 0 Å². The summed E-state index contributed by atoms with van der Waals surface area (Å²) in [6, 6.07) is 12.1. The Hall–Kier alpha value is -2.23. The second-order valence-corrected chi connectivity index (χ2v) is 5.18. The van der Waals surface area contributed by atoms with E-state index in [4.69, 9.17) is 0 Å². The molecule has 0 unspecified atom stereocenters. The van der Waals surface area contributed by atoms with Crippen molar-refractivity contribution in [1.29, 1.82) is 0 Å². The number of aryl methyl sites for hydroxylation is 2. The first-order valence-electron chi connectivity index (χ1n) is 7.33. The van der Waals surface area contributed by atoms with Crippen molar-refractivity contribution in [1.82, 2.24) is 9.88 Å². The fraction of sp³-hybridized carbons (Fsp3) is 0.353. The van der Waals surface area contributed by atoms with Crippen LogP contribution in [0.15, 0.2) is 42.6 Å². The molecule has 1 aromatic heterocycles. The number of amides is 1. The van der Waals surface area contributed by atoms with Gasteiger partial charge in [0.25, 0.3) is 5.91 Å². The van der Waals surface area contributed by atoms with E-state index in [1.165, 1.54) is 11.3 Å². The second kappa shape index (κ2) is 6.97. The summed E-state index contributed by atoms with van der Waals surface area (Å²) in [4.78, 5) is 14.3. The number of anilines is 1. The first kappa shape index (κ1) is 15.2.